The number of hydrogen-bond acceptors (Lipinski definition) is 3. The van der Waals surface area contributed by atoms with E-state index in [2.05, 4.69) is 0 Å². The smallest absolute Gasteiger partial charge is 0.160 e. The molecule has 0 fully saturated rings. The Morgan fingerprint density at radius 2 is 2.42 bits per heavy atom. The minimum Gasteiger partial charge on any atom is -0.392 e. The Morgan fingerprint density at radius 1 is 1.67 bits per heavy atom. The Balaban J connectivity index is 2.91. The van der Waals surface area contributed by atoms with Crippen LogP contribution in [0.5, 0.6) is 0 Å². The normalized spacial score (nSPS) is 10.8. The van der Waals surface area contributed by atoms with Crippen molar-refractivity contribution in [2.24, 2.45) is 0 Å². The minimum absolute atomic E-state index is 0.0355. The topological polar surface area (TPSA) is 37.3 Å². The van der Waals surface area contributed by atoms with Gasteiger partial charge >= 0.3 is 0 Å². The van der Waals surface area contributed by atoms with E-state index in [1.807, 2.05) is 19.1 Å². The van der Waals surface area contributed by atoms with E-state index in [9.17, 15) is 4.79 Å². The zero-order valence-electron chi connectivity index (χ0n) is 6.78. The number of rotatable bonds is 3. The third-order valence-electron chi connectivity index (χ3n) is 1.47. The maximum Gasteiger partial charge on any atom is 0.160 e. The van der Waals surface area contributed by atoms with E-state index in [-0.39, 0.29) is 6.61 Å². The number of aliphatic hydroxyl groups excluding tert-OH is 1. The Bertz CT molecular complexity index is 299. The summed E-state index contributed by atoms with van der Waals surface area (Å²) in [6, 6.07) is 1.84. The third kappa shape index (κ3) is 2.03. The molecule has 1 aromatic heterocycles. The molecule has 0 saturated carbocycles. The van der Waals surface area contributed by atoms with Crippen LogP contribution in [0.3, 0.4) is 0 Å². The lowest BCUT2D eigenvalue weighted by atomic mass is 10.2. The summed E-state index contributed by atoms with van der Waals surface area (Å²) in [6.07, 6.45) is 4.33. The van der Waals surface area contributed by atoms with Gasteiger partial charge < -0.3 is 5.11 Å². The maximum absolute atomic E-state index is 10.4. The van der Waals surface area contributed by atoms with Crippen LogP contribution >= 0.6 is 11.3 Å². The summed E-state index contributed by atoms with van der Waals surface area (Å²) >= 11 is 1.43. The largest absolute Gasteiger partial charge is 0.392 e. The second kappa shape index (κ2) is 4.18. The molecule has 0 aromatic carbocycles. The summed E-state index contributed by atoms with van der Waals surface area (Å²) in [5, 5.41) is 8.53. The first-order valence-electron chi connectivity index (χ1n) is 3.61. The fraction of sp³-hybridized carbons (Fsp3) is 0.222. The Kier molecular flexibility index (Phi) is 3.19. The highest BCUT2D eigenvalue weighted by molar-refractivity contribution is 7.14. The van der Waals surface area contributed by atoms with Gasteiger partial charge in [-0.15, -0.1) is 11.3 Å². The van der Waals surface area contributed by atoms with E-state index >= 15 is 0 Å². The Morgan fingerprint density at radius 3 is 2.92 bits per heavy atom. The van der Waals surface area contributed by atoms with Gasteiger partial charge in [0.25, 0.3) is 0 Å². The molecule has 3 heteroatoms. The number of carbonyl (C=O) groups excluding carboxylic acids is 1. The highest BCUT2D eigenvalue weighted by atomic mass is 32.1. The van der Waals surface area contributed by atoms with Crippen LogP contribution < -0.4 is 0 Å². The van der Waals surface area contributed by atoms with E-state index in [0.29, 0.717) is 0 Å². The van der Waals surface area contributed by atoms with Gasteiger partial charge in [-0.25, -0.2) is 0 Å². The van der Waals surface area contributed by atoms with Crippen molar-refractivity contribution in [3.05, 3.63) is 27.5 Å². The second-order valence-electron chi connectivity index (χ2n) is 2.40. The molecule has 0 aliphatic heterocycles. The molecule has 0 amide bonds. The lowest BCUT2D eigenvalue weighted by molar-refractivity contribution is 0.112. The summed E-state index contributed by atoms with van der Waals surface area (Å²) in [5.74, 6) is 0. The summed E-state index contributed by atoms with van der Waals surface area (Å²) in [5.41, 5.74) is 1.08. The summed E-state index contributed by atoms with van der Waals surface area (Å²) in [7, 11) is 0. The van der Waals surface area contributed by atoms with Crippen LogP contribution in [-0.4, -0.2) is 18.0 Å². The molecule has 0 radical (unpaired) electrons. The zero-order valence-corrected chi connectivity index (χ0v) is 7.60. The molecular weight excluding hydrogens is 172 g/mol. The minimum atomic E-state index is 0.0355. The van der Waals surface area contributed by atoms with Crippen molar-refractivity contribution in [1.29, 1.82) is 0 Å². The van der Waals surface area contributed by atoms with E-state index < -0.39 is 0 Å². The van der Waals surface area contributed by atoms with E-state index in [1.165, 1.54) is 11.3 Å². The Labute approximate surface area is 75.2 Å². The van der Waals surface area contributed by atoms with Crippen molar-refractivity contribution in [3.63, 3.8) is 0 Å². The van der Waals surface area contributed by atoms with Crippen LogP contribution in [0.2, 0.25) is 0 Å². The molecule has 1 rings (SSSR count). The van der Waals surface area contributed by atoms with Crippen LogP contribution in [0.25, 0.3) is 6.08 Å². The first-order valence-corrected chi connectivity index (χ1v) is 4.42. The number of aldehydes is 1. The molecule has 1 heterocycles. The first-order chi connectivity index (χ1) is 5.77. The molecule has 1 aromatic rings. The van der Waals surface area contributed by atoms with Crippen LogP contribution in [0.15, 0.2) is 12.1 Å². The van der Waals surface area contributed by atoms with Gasteiger partial charge in [-0.05, 0) is 24.6 Å². The molecular formula is C9H10O2S. The predicted molar refractivity (Wildman–Crippen MR) is 50.6 cm³/mol. The Hall–Kier alpha value is -0.930. The lowest BCUT2D eigenvalue weighted by Crippen LogP contribution is -1.71. The van der Waals surface area contributed by atoms with Crippen molar-refractivity contribution < 1.29 is 9.90 Å². The lowest BCUT2D eigenvalue weighted by Gasteiger charge is -1.86. The fourth-order valence-corrected chi connectivity index (χ4v) is 1.83. The molecule has 0 aliphatic rings. The molecule has 1 N–H and O–H groups in total. The molecule has 0 aliphatic carbocycles. The number of aryl methyl sites for hydroxylation is 1. The summed E-state index contributed by atoms with van der Waals surface area (Å²) in [4.78, 5) is 12.1. The first kappa shape index (κ1) is 9.16. The van der Waals surface area contributed by atoms with Crippen molar-refractivity contribution in [3.8, 4) is 0 Å². The van der Waals surface area contributed by atoms with Gasteiger partial charge in [0.2, 0.25) is 0 Å². The van der Waals surface area contributed by atoms with Crippen molar-refractivity contribution >= 4 is 23.7 Å². The summed E-state index contributed by atoms with van der Waals surface area (Å²) < 4.78 is 0. The van der Waals surface area contributed by atoms with Gasteiger partial charge in [-0.2, -0.15) is 0 Å². The van der Waals surface area contributed by atoms with Gasteiger partial charge in [0.15, 0.2) is 6.29 Å². The molecule has 0 bridgehead atoms. The molecule has 0 saturated heterocycles. The van der Waals surface area contributed by atoms with Crippen molar-refractivity contribution in [2.45, 2.75) is 6.92 Å². The molecule has 2 nitrogen and oxygen atoms in total. The van der Waals surface area contributed by atoms with Gasteiger partial charge in [0.1, 0.15) is 0 Å². The van der Waals surface area contributed by atoms with Gasteiger partial charge in [0, 0.05) is 4.88 Å². The number of carbonyl (C=O) groups is 1. The molecule has 0 unspecified atom stereocenters. The number of hydrogen-bond donors (Lipinski definition) is 1. The van der Waals surface area contributed by atoms with Gasteiger partial charge in [0.05, 0.1) is 11.5 Å². The fourth-order valence-electron chi connectivity index (χ4n) is 0.905. The van der Waals surface area contributed by atoms with Crippen molar-refractivity contribution in [1.82, 2.24) is 0 Å². The van der Waals surface area contributed by atoms with E-state index in [0.717, 1.165) is 21.6 Å². The molecule has 0 atom stereocenters. The third-order valence-corrected chi connectivity index (χ3v) is 2.59. The highest BCUT2D eigenvalue weighted by Gasteiger charge is 2.00. The molecule has 64 valence electrons. The van der Waals surface area contributed by atoms with Crippen LogP contribution in [-0.2, 0) is 0 Å². The van der Waals surface area contributed by atoms with Crippen LogP contribution in [0.1, 0.15) is 20.1 Å². The van der Waals surface area contributed by atoms with Crippen molar-refractivity contribution in [2.75, 3.05) is 6.61 Å². The number of aliphatic hydroxyl groups is 1. The van der Waals surface area contributed by atoms with E-state index in [1.54, 1.807) is 6.08 Å². The number of thiophene rings is 1. The second-order valence-corrected chi connectivity index (χ2v) is 3.51. The molecule has 12 heavy (non-hydrogen) atoms. The summed E-state index contributed by atoms with van der Waals surface area (Å²) in [6.45, 7) is 1.98. The average Bonchev–Trinajstić information content (AvgIpc) is 2.43. The zero-order chi connectivity index (χ0) is 8.97. The SMILES string of the molecule is Cc1cc(C=O)sc1C=CCO. The standard InChI is InChI=1S/C9H10O2S/c1-7-5-8(6-11)12-9(7)3-2-4-10/h2-3,5-6,10H,4H2,1H3. The van der Waals surface area contributed by atoms with Gasteiger partial charge in [-0.3, -0.25) is 4.79 Å². The van der Waals surface area contributed by atoms with Crippen LogP contribution in [0.4, 0.5) is 0 Å². The van der Waals surface area contributed by atoms with E-state index in [4.69, 9.17) is 5.11 Å². The average molecular weight is 182 g/mol. The monoisotopic (exact) mass is 182 g/mol. The predicted octanol–water partition coefficient (Wildman–Crippen LogP) is 1.87. The maximum atomic E-state index is 10.4. The quantitative estimate of drug-likeness (QED) is 0.725. The van der Waals surface area contributed by atoms with Gasteiger partial charge in [-0.1, -0.05) is 6.08 Å². The van der Waals surface area contributed by atoms with Crippen LogP contribution in [0, 0.1) is 6.92 Å². The molecule has 0 spiro atoms. The highest BCUT2D eigenvalue weighted by Crippen LogP contribution is 2.21.